The zero-order valence-corrected chi connectivity index (χ0v) is 10.8. The van der Waals surface area contributed by atoms with Crippen molar-refractivity contribution in [2.24, 2.45) is 0 Å². The lowest BCUT2D eigenvalue weighted by molar-refractivity contribution is -0.384. The van der Waals surface area contributed by atoms with Gasteiger partial charge in [-0.1, -0.05) is 0 Å². The van der Waals surface area contributed by atoms with Gasteiger partial charge in [0.1, 0.15) is 11.4 Å². The Bertz CT molecular complexity index is 665. The molecule has 0 aliphatic rings. The number of hydrogen-bond donors (Lipinski definition) is 2. The summed E-state index contributed by atoms with van der Waals surface area (Å²) < 4.78 is 4.92. The van der Waals surface area contributed by atoms with Crippen molar-refractivity contribution in [3.63, 3.8) is 0 Å². The number of rotatable bonds is 4. The van der Waals surface area contributed by atoms with E-state index in [0.29, 0.717) is 17.0 Å². The van der Waals surface area contributed by atoms with E-state index >= 15 is 0 Å². The molecule has 1 aromatic carbocycles. The first-order chi connectivity index (χ1) is 9.52. The molecule has 0 unspecified atom stereocenters. The first kappa shape index (κ1) is 13.5. The van der Waals surface area contributed by atoms with E-state index < -0.39 is 10.8 Å². The minimum absolute atomic E-state index is 0.0985. The van der Waals surface area contributed by atoms with Crippen LogP contribution in [0.4, 0.5) is 11.4 Å². The number of methoxy groups -OCH3 is 1. The van der Waals surface area contributed by atoms with Crippen LogP contribution in [0.3, 0.4) is 0 Å². The second kappa shape index (κ2) is 5.39. The van der Waals surface area contributed by atoms with Gasteiger partial charge in [0.2, 0.25) is 0 Å². The van der Waals surface area contributed by atoms with E-state index in [1.807, 2.05) is 0 Å². The van der Waals surface area contributed by atoms with E-state index in [9.17, 15) is 14.9 Å². The number of benzene rings is 1. The number of H-pyrrole nitrogens is 1. The number of aryl methyl sites for hydroxylation is 1. The topological polar surface area (TPSA) is 110 Å². The third kappa shape index (κ3) is 2.58. The Hall–Kier alpha value is -2.90. The Morgan fingerprint density at radius 3 is 2.80 bits per heavy atom. The van der Waals surface area contributed by atoms with Crippen LogP contribution in [0.25, 0.3) is 0 Å². The maximum atomic E-state index is 12.0. The molecule has 1 heterocycles. The molecule has 0 aliphatic carbocycles. The third-order valence-corrected chi connectivity index (χ3v) is 2.72. The Balaban J connectivity index is 2.32. The van der Waals surface area contributed by atoms with E-state index in [4.69, 9.17) is 4.74 Å². The van der Waals surface area contributed by atoms with E-state index in [-0.39, 0.29) is 11.4 Å². The number of anilines is 1. The van der Waals surface area contributed by atoms with Crippen molar-refractivity contribution in [1.29, 1.82) is 0 Å². The van der Waals surface area contributed by atoms with Crippen molar-refractivity contribution < 1.29 is 14.5 Å². The molecular weight excluding hydrogens is 264 g/mol. The molecule has 0 spiro atoms. The van der Waals surface area contributed by atoms with Crippen molar-refractivity contribution >= 4 is 17.3 Å². The zero-order chi connectivity index (χ0) is 14.7. The molecule has 2 N–H and O–H groups in total. The van der Waals surface area contributed by atoms with E-state index in [1.165, 1.54) is 31.5 Å². The third-order valence-electron chi connectivity index (χ3n) is 2.72. The highest BCUT2D eigenvalue weighted by Gasteiger charge is 2.19. The van der Waals surface area contributed by atoms with Crippen LogP contribution >= 0.6 is 0 Å². The van der Waals surface area contributed by atoms with Gasteiger partial charge in [-0.05, 0) is 19.1 Å². The number of nitro groups is 1. The minimum atomic E-state index is -0.583. The van der Waals surface area contributed by atoms with Crippen LogP contribution in [0.2, 0.25) is 0 Å². The molecule has 0 bridgehead atoms. The molecule has 2 rings (SSSR count). The van der Waals surface area contributed by atoms with Gasteiger partial charge in [0.25, 0.3) is 11.6 Å². The fraction of sp³-hybridized carbons (Fsp3) is 0.167. The predicted molar refractivity (Wildman–Crippen MR) is 70.9 cm³/mol. The summed E-state index contributed by atoms with van der Waals surface area (Å²) in [6.45, 7) is 1.68. The van der Waals surface area contributed by atoms with Gasteiger partial charge in [0.05, 0.1) is 29.9 Å². The molecule has 104 valence electrons. The minimum Gasteiger partial charge on any atom is -0.496 e. The molecule has 0 saturated heterocycles. The van der Waals surface area contributed by atoms with Crippen LogP contribution in [0.15, 0.2) is 24.4 Å². The molecule has 1 amide bonds. The van der Waals surface area contributed by atoms with Crippen molar-refractivity contribution in [3.05, 3.63) is 45.8 Å². The van der Waals surface area contributed by atoms with Crippen LogP contribution in [0.5, 0.6) is 5.75 Å². The summed E-state index contributed by atoms with van der Waals surface area (Å²) in [5, 5.41) is 19.9. The first-order valence-electron chi connectivity index (χ1n) is 5.66. The lowest BCUT2D eigenvalue weighted by atomic mass is 10.2. The summed E-state index contributed by atoms with van der Waals surface area (Å²) in [5.74, 6) is -0.126. The Morgan fingerprint density at radius 1 is 1.50 bits per heavy atom. The number of ether oxygens (including phenoxy) is 1. The molecule has 0 saturated carbocycles. The van der Waals surface area contributed by atoms with E-state index in [2.05, 4.69) is 15.5 Å². The smallest absolute Gasteiger partial charge is 0.296 e. The average Bonchev–Trinajstić information content (AvgIpc) is 2.85. The quantitative estimate of drug-likeness (QED) is 0.654. The van der Waals surface area contributed by atoms with Gasteiger partial charge in [-0.25, -0.2) is 0 Å². The molecule has 0 radical (unpaired) electrons. The number of carbonyl (C=O) groups is 1. The second-order valence-electron chi connectivity index (χ2n) is 4.00. The summed E-state index contributed by atoms with van der Waals surface area (Å²) >= 11 is 0. The lowest BCUT2D eigenvalue weighted by Gasteiger charge is -2.07. The zero-order valence-electron chi connectivity index (χ0n) is 10.8. The molecule has 0 aliphatic heterocycles. The van der Waals surface area contributed by atoms with Crippen molar-refractivity contribution in [2.75, 3.05) is 12.4 Å². The number of carbonyl (C=O) groups excluding carboxylic acids is 1. The highest BCUT2D eigenvalue weighted by atomic mass is 16.6. The first-order valence-corrected chi connectivity index (χ1v) is 5.66. The summed E-state index contributed by atoms with van der Waals surface area (Å²) in [7, 11) is 1.41. The van der Waals surface area contributed by atoms with Crippen LogP contribution in [-0.2, 0) is 0 Å². The summed E-state index contributed by atoms with van der Waals surface area (Å²) in [4.78, 5) is 22.4. The maximum Gasteiger partial charge on any atom is 0.296 e. The fourth-order valence-electron chi connectivity index (χ4n) is 1.66. The largest absolute Gasteiger partial charge is 0.496 e. The number of nitro benzene ring substituents is 1. The monoisotopic (exact) mass is 276 g/mol. The molecule has 20 heavy (non-hydrogen) atoms. The number of amides is 1. The van der Waals surface area contributed by atoms with Crippen LogP contribution in [0.1, 0.15) is 16.1 Å². The van der Waals surface area contributed by atoms with Crippen LogP contribution in [0, 0.1) is 17.0 Å². The number of aromatic nitrogens is 2. The van der Waals surface area contributed by atoms with Gasteiger partial charge < -0.3 is 10.1 Å². The van der Waals surface area contributed by atoms with Crippen LogP contribution in [-0.4, -0.2) is 28.1 Å². The Kier molecular flexibility index (Phi) is 3.65. The van der Waals surface area contributed by atoms with Gasteiger partial charge in [0.15, 0.2) is 0 Å². The summed E-state index contributed by atoms with van der Waals surface area (Å²) in [5.41, 5.74) is 0.772. The fourth-order valence-corrected chi connectivity index (χ4v) is 1.66. The molecule has 2 aromatic rings. The summed E-state index contributed by atoms with van der Waals surface area (Å²) in [6.07, 6.45) is 1.36. The molecular formula is C12H12N4O4. The highest BCUT2D eigenvalue weighted by Crippen LogP contribution is 2.29. The van der Waals surface area contributed by atoms with Gasteiger partial charge in [-0.2, -0.15) is 5.10 Å². The lowest BCUT2D eigenvalue weighted by Crippen LogP contribution is -2.13. The molecule has 8 heteroatoms. The van der Waals surface area contributed by atoms with Crippen molar-refractivity contribution in [3.8, 4) is 5.75 Å². The van der Waals surface area contributed by atoms with Crippen molar-refractivity contribution in [1.82, 2.24) is 10.2 Å². The van der Waals surface area contributed by atoms with E-state index in [1.54, 1.807) is 6.92 Å². The average molecular weight is 276 g/mol. The maximum absolute atomic E-state index is 12.0. The molecule has 1 aromatic heterocycles. The second-order valence-corrected chi connectivity index (χ2v) is 4.00. The van der Waals surface area contributed by atoms with Gasteiger partial charge in [0, 0.05) is 5.69 Å². The van der Waals surface area contributed by atoms with Crippen molar-refractivity contribution in [2.45, 2.75) is 6.92 Å². The number of nitrogens with zero attached hydrogens (tertiary/aromatic N) is 2. The highest BCUT2D eigenvalue weighted by molar-refractivity contribution is 6.06. The van der Waals surface area contributed by atoms with E-state index in [0.717, 1.165) is 0 Å². The number of hydrogen-bond acceptors (Lipinski definition) is 5. The standard InChI is InChI=1S/C12H12N4O4/c1-7-9(6-13-15-7)12(17)14-10-4-3-8(20-2)5-11(10)16(18)19/h3-6H,1-2H3,(H,13,15)(H,14,17). The molecule has 0 atom stereocenters. The number of aromatic amines is 1. The number of nitrogens with one attached hydrogen (secondary N) is 2. The Labute approximate surface area is 113 Å². The van der Waals surface area contributed by atoms with Crippen LogP contribution < -0.4 is 10.1 Å². The predicted octanol–water partition coefficient (Wildman–Crippen LogP) is 1.89. The molecule has 0 fully saturated rings. The summed E-state index contributed by atoms with van der Waals surface area (Å²) in [6, 6.07) is 4.20. The van der Waals surface area contributed by atoms with Gasteiger partial charge >= 0.3 is 0 Å². The Morgan fingerprint density at radius 2 is 2.25 bits per heavy atom. The van der Waals surface area contributed by atoms with Gasteiger partial charge in [-0.3, -0.25) is 20.0 Å². The normalized spacial score (nSPS) is 10.1. The molecule has 8 nitrogen and oxygen atoms in total. The van der Waals surface area contributed by atoms with Gasteiger partial charge in [-0.15, -0.1) is 0 Å². The SMILES string of the molecule is COc1ccc(NC(=O)c2cn[nH]c2C)c([N+](=O)[O-])c1.